The molecule has 0 aliphatic carbocycles. The van der Waals surface area contributed by atoms with E-state index in [-0.39, 0.29) is 0 Å². The molecule has 0 aromatic heterocycles. The fourth-order valence-corrected chi connectivity index (χ4v) is 4.08. The molecular weight excluding hydrogens is 437 g/mol. The number of carbonyl (C=O) groups is 2. The van der Waals surface area contributed by atoms with Gasteiger partial charge in [0.15, 0.2) is 6.61 Å². The summed E-state index contributed by atoms with van der Waals surface area (Å²) in [6.45, 7) is -0.536. The lowest BCUT2D eigenvalue weighted by atomic mass is 10.00. The Bertz CT molecular complexity index is 1090. The maximum atomic E-state index is 12.8. The predicted molar refractivity (Wildman–Crippen MR) is 103 cm³/mol. The number of hydrogen-bond acceptors (Lipinski definition) is 5. The molecule has 0 radical (unpaired) electrons. The van der Waals surface area contributed by atoms with Crippen LogP contribution < -0.4 is 4.72 Å². The highest BCUT2D eigenvalue weighted by Gasteiger charge is 2.31. The third-order valence-corrected chi connectivity index (χ3v) is 6.12. The highest BCUT2D eigenvalue weighted by molar-refractivity contribution is 7.89. The van der Waals surface area contributed by atoms with E-state index in [1.165, 1.54) is 4.90 Å². The van der Waals surface area contributed by atoms with Crippen molar-refractivity contribution in [1.82, 2.24) is 9.62 Å². The third-order valence-electron chi connectivity index (χ3n) is 4.72. The number of alkyl halides is 3. The molecule has 2 aromatic rings. The van der Waals surface area contributed by atoms with E-state index in [9.17, 15) is 31.2 Å². The summed E-state index contributed by atoms with van der Waals surface area (Å²) in [7, 11) is -4.38. The summed E-state index contributed by atoms with van der Waals surface area (Å²) >= 11 is 0. The van der Waals surface area contributed by atoms with Gasteiger partial charge in [0.2, 0.25) is 10.0 Å². The van der Waals surface area contributed by atoms with Gasteiger partial charge in [0, 0.05) is 13.1 Å². The van der Waals surface area contributed by atoms with Crippen molar-refractivity contribution in [2.75, 3.05) is 19.7 Å². The van der Waals surface area contributed by atoms with Crippen LogP contribution in [0.2, 0.25) is 0 Å². The summed E-state index contributed by atoms with van der Waals surface area (Å²) in [5.74, 6) is -1.45. The molecule has 0 unspecified atom stereocenters. The number of rotatable bonds is 6. The maximum Gasteiger partial charge on any atom is 0.416 e. The fraction of sp³-hybridized carbons (Fsp3) is 0.300. The van der Waals surface area contributed by atoms with Crippen LogP contribution in [0.1, 0.15) is 16.7 Å². The van der Waals surface area contributed by atoms with Gasteiger partial charge in [0.25, 0.3) is 5.91 Å². The minimum absolute atomic E-state index is 0.384. The van der Waals surface area contributed by atoms with Crippen LogP contribution in [0, 0.1) is 0 Å². The van der Waals surface area contributed by atoms with Gasteiger partial charge >= 0.3 is 12.1 Å². The van der Waals surface area contributed by atoms with Crippen molar-refractivity contribution in [3.63, 3.8) is 0 Å². The van der Waals surface area contributed by atoms with Gasteiger partial charge in [0.05, 0.1) is 10.5 Å². The second-order valence-electron chi connectivity index (χ2n) is 6.84. The van der Waals surface area contributed by atoms with Crippen molar-refractivity contribution in [3.05, 3.63) is 65.2 Å². The number of esters is 1. The Morgan fingerprint density at radius 1 is 1.06 bits per heavy atom. The van der Waals surface area contributed by atoms with Crippen molar-refractivity contribution < 1.29 is 35.9 Å². The van der Waals surface area contributed by atoms with Gasteiger partial charge in [0.1, 0.15) is 6.54 Å². The number of benzene rings is 2. The number of ether oxygens (including phenoxy) is 1. The SMILES string of the molecule is O=C(CNS(=O)(=O)c1cccc(C(F)(F)F)c1)OCC(=O)N1CCc2ccccc2C1. The molecule has 1 N–H and O–H groups in total. The van der Waals surface area contributed by atoms with E-state index in [4.69, 9.17) is 4.74 Å². The van der Waals surface area contributed by atoms with Gasteiger partial charge in [-0.15, -0.1) is 0 Å². The van der Waals surface area contributed by atoms with E-state index in [0.717, 1.165) is 29.3 Å². The number of nitrogens with one attached hydrogen (secondary N) is 1. The highest BCUT2D eigenvalue weighted by atomic mass is 32.2. The first kappa shape index (κ1) is 22.8. The van der Waals surface area contributed by atoms with E-state index < -0.39 is 51.7 Å². The second kappa shape index (κ2) is 9.06. The molecule has 0 saturated heterocycles. The minimum Gasteiger partial charge on any atom is -0.455 e. The Morgan fingerprint density at radius 3 is 2.48 bits per heavy atom. The lowest BCUT2D eigenvalue weighted by molar-refractivity contribution is -0.151. The van der Waals surface area contributed by atoms with Crippen molar-refractivity contribution in [1.29, 1.82) is 0 Å². The summed E-state index contributed by atoms with van der Waals surface area (Å²) in [6, 6.07) is 10.8. The third kappa shape index (κ3) is 5.82. The molecule has 0 fully saturated rings. The Morgan fingerprint density at radius 2 is 1.77 bits per heavy atom. The minimum atomic E-state index is -4.71. The molecule has 0 bridgehead atoms. The fourth-order valence-electron chi connectivity index (χ4n) is 3.07. The van der Waals surface area contributed by atoms with E-state index in [1.54, 1.807) is 0 Å². The van der Waals surface area contributed by atoms with Crippen LogP contribution in [0.5, 0.6) is 0 Å². The summed E-state index contributed by atoms with van der Waals surface area (Å²) < 4.78 is 69.3. The average Bonchev–Trinajstić information content (AvgIpc) is 2.75. The smallest absolute Gasteiger partial charge is 0.416 e. The predicted octanol–water partition coefficient (Wildman–Crippen LogP) is 2.11. The van der Waals surface area contributed by atoms with Crippen LogP contribution in [0.3, 0.4) is 0 Å². The van der Waals surface area contributed by atoms with Crippen molar-refractivity contribution >= 4 is 21.9 Å². The van der Waals surface area contributed by atoms with E-state index in [0.29, 0.717) is 25.6 Å². The number of fused-ring (bicyclic) bond motifs is 1. The van der Waals surface area contributed by atoms with Gasteiger partial charge in [-0.25, -0.2) is 8.42 Å². The quantitative estimate of drug-likeness (QED) is 0.673. The summed E-state index contributed by atoms with van der Waals surface area (Å²) in [5.41, 5.74) is 1.02. The van der Waals surface area contributed by atoms with Gasteiger partial charge in [-0.1, -0.05) is 30.3 Å². The standard InChI is InChI=1S/C20H19F3N2O5S/c21-20(22,23)16-6-3-7-17(10-16)31(28,29)24-11-19(27)30-13-18(26)25-9-8-14-4-1-2-5-15(14)12-25/h1-7,10,24H,8-9,11-13H2. The Balaban J connectivity index is 1.51. The van der Waals surface area contributed by atoms with Crippen LogP contribution in [-0.4, -0.2) is 44.9 Å². The molecule has 0 saturated carbocycles. The van der Waals surface area contributed by atoms with E-state index >= 15 is 0 Å². The number of hydrogen-bond donors (Lipinski definition) is 1. The molecule has 11 heteroatoms. The lowest BCUT2D eigenvalue weighted by Gasteiger charge is -2.28. The number of halogens is 3. The van der Waals surface area contributed by atoms with Crippen LogP contribution in [0.15, 0.2) is 53.4 Å². The van der Waals surface area contributed by atoms with Gasteiger partial charge < -0.3 is 9.64 Å². The molecule has 1 aliphatic rings. The van der Waals surface area contributed by atoms with Gasteiger partial charge in [-0.2, -0.15) is 17.9 Å². The van der Waals surface area contributed by atoms with E-state index in [2.05, 4.69) is 0 Å². The van der Waals surface area contributed by atoms with E-state index in [1.807, 2.05) is 29.0 Å². The molecule has 31 heavy (non-hydrogen) atoms. The summed E-state index contributed by atoms with van der Waals surface area (Å²) in [6.07, 6.45) is -4.04. The molecule has 166 valence electrons. The Kier molecular flexibility index (Phi) is 6.65. The van der Waals surface area contributed by atoms with Crippen molar-refractivity contribution in [2.24, 2.45) is 0 Å². The Hall–Kier alpha value is -2.92. The molecular formula is C20H19F3N2O5S. The number of amides is 1. The zero-order valence-corrected chi connectivity index (χ0v) is 17.0. The second-order valence-corrected chi connectivity index (χ2v) is 8.61. The monoisotopic (exact) mass is 456 g/mol. The van der Waals surface area contributed by atoms with Crippen molar-refractivity contribution in [3.8, 4) is 0 Å². The van der Waals surface area contributed by atoms with Gasteiger partial charge in [-0.05, 0) is 35.7 Å². The average molecular weight is 456 g/mol. The van der Waals surface area contributed by atoms with Crippen LogP contribution >= 0.6 is 0 Å². The first-order valence-electron chi connectivity index (χ1n) is 9.23. The van der Waals surface area contributed by atoms with Crippen molar-refractivity contribution in [2.45, 2.75) is 24.0 Å². The molecule has 3 rings (SSSR count). The number of carbonyl (C=O) groups excluding carboxylic acids is 2. The zero-order valence-electron chi connectivity index (χ0n) is 16.2. The van der Waals surface area contributed by atoms with Crippen LogP contribution in [0.4, 0.5) is 13.2 Å². The molecule has 1 aliphatic heterocycles. The Labute approximate surface area is 176 Å². The number of sulfonamides is 1. The topological polar surface area (TPSA) is 92.8 Å². The van der Waals surface area contributed by atoms with Gasteiger partial charge in [-0.3, -0.25) is 9.59 Å². The molecule has 2 aromatic carbocycles. The van der Waals surface area contributed by atoms with Crippen LogP contribution in [0.25, 0.3) is 0 Å². The first-order chi connectivity index (χ1) is 14.6. The molecule has 0 spiro atoms. The normalized spacial score (nSPS) is 14.1. The van der Waals surface area contributed by atoms with Crippen LogP contribution in [-0.2, 0) is 43.5 Å². The molecule has 0 atom stereocenters. The zero-order chi connectivity index (χ0) is 22.6. The largest absolute Gasteiger partial charge is 0.455 e. The number of nitrogens with zero attached hydrogens (tertiary/aromatic N) is 1. The maximum absolute atomic E-state index is 12.8. The summed E-state index contributed by atoms with van der Waals surface area (Å²) in [4.78, 5) is 25.0. The lowest BCUT2D eigenvalue weighted by Crippen LogP contribution is -2.39. The summed E-state index contributed by atoms with van der Waals surface area (Å²) in [5, 5.41) is 0. The highest BCUT2D eigenvalue weighted by Crippen LogP contribution is 2.30. The first-order valence-corrected chi connectivity index (χ1v) is 10.7. The molecule has 1 amide bonds. The molecule has 1 heterocycles. The molecule has 7 nitrogen and oxygen atoms in total.